The Morgan fingerprint density at radius 3 is 2.65 bits per heavy atom. The molecule has 118 valence electrons. The fourth-order valence-corrected chi connectivity index (χ4v) is 2.57. The minimum Gasteiger partial charge on any atom is -0.395 e. The van der Waals surface area contributed by atoms with Crippen molar-refractivity contribution in [1.29, 1.82) is 0 Å². The smallest absolute Gasteiger partial charge is 0.0737 e. The molecular formula is C18H18ClN3O. The molecule has 3 N–H and O–H groups in total. The highest BCUT2D eigenvalue weighted by atomic mass is 35.5. The van der Waals surface area contributed by atoms with Gasteiger partial charge in [0.2, 0.25) is 0 Å². The summed E-state index contributed by atoms with van der Waals surface area (Å²) >= 11 is 6.02. The monoisotopic (exact) mass is 327 g/mol. The Kier molecular flexibility index (Phi) is 5.08. The number of aromatic nitrogens is 1. The first-order valence-electron chi connectivity index (χ1n) is 7.48. The molecule has 2 aromatic carbocycles. The molecule has 0 saturated heterocycles. The van der Waals surface area contributed by atoms with E-state index in [0.717, 1.165) is 28.8 Å². The summed E-state index contributed by atoms with van der Waals surface area (Å²) in [6.07, 6.45) is 1.77. The Balaban J connectivity index is 1.77. The van der Waals surface area contributed by atoms with Crippen molar-refractivity contribution in [3.63, 3.8) is 0 Å². The van der Waals surface area contributed by atoms with Gasteiger partial charge in [0.05, 0.1) is 12.1 Å². The maximum Gasteiger partial charge on any atom is 0.0737 e. The zero-order valence-corrected chi connectivity index (χ0v) is 13.3. The van der Waals surface area contributed by atoms with Crippen LogP contribution in [0.4, 0.5) is 11.4 Å². The van der Waals surface area contributed by atoms with Crippen molar-refractivity contribution in [1.82, 2.24) is 10.3 Å². The highest BCUT2D eigenvalue weighted by Crippen LogP contribution is 2.27. The highest BCUT2D eigenvalue weighted by Gasteiger charge is 2.03. The third kappa shape index (κ3) is 3.99. The highest BCUT2D eigenvalue weighted by molar-refractivity contribution is 6.31. The summed E-state index contributed by atoms with van der Waals surface area (Å²) in [6.45, 7) is 1.50. The third-order valence-corrected chi connectivity index (χ3v) is 3.79. The van der Waals surface area contributed by atoms with Crippen LogP contribution in [0.2, 0.25) is 5.02 Å². The number of nitrogens with zero attached hydrogens (tertiary/aromatic N) is 1. The second kappa shape index (κ2) is 7.42. The number of hydrogen-bond acceptors (Lipinski definition) is 4. The lowest BCUT2D eigenvalue weighted by Gasteiger charge is -2.10. The number of pyridine rings is 1. The average molecular weight is 328 g/mol. The van der Waals surface area contributed by atoms with E-state index in [1.54, 1.807) is 6.20 Å². The Morgan fingerprint density at radius 2 is 1.87 bits per heavy atom. The topological polar surface area (TPSA) is 57.2 Å². The second-order valence-electron chi connectivity index (χ2n) is 5.24. The molecule has 0 saturated carbocycles. The molecule has 0 bridgehead atoms. The summed E-state index contributed by atoms with van der Waals surface area (Å²) < 4.78 is 0. The van der Waals surface area contributed by atoms with Gasteiger partial charge in [-0.1, -0.05) is 23.7 Å². The van der Waals surface area contributed by atoms with Gasteiger partial charge in [-0.15, -0.1) is 0 Å². The Labute approximate surface area is 140 Å². The molecule has 0 aliphatic heterocycles. The lowest BCUT2D eigenvalue weighted by Crippen LogP contribution is -2.17. The quantitative estimate of drug-likeness (QED) is 0.604. The van der Waals surface area contributed by atoms with Crippen LogP contribution in [0.25, 0.3) is 10.9 Å². The summed E-state index contributed by atoms with van der Waals surface area (Å²) in [5, 5.41) is 17.1. The molecule has 0 amide bonds. The van der Waals surface area contributed by atoms with E-state index in [2.05, 4.69) is 27.8 Å². The third-order valence-electron chi connectivity index (χ3n) is 3.56. The SMILES string of the molecule is OCCNCc1ccc(Nc2ccnc3cc(Cl)ccc23)cc1. The van der Waals surface area contributed by atoms with Crippen LogP contribution in [0, 0.1) is 0 Å². The van der Waals surface area contributed by atoms with Gasteiger partial charge in [-0.2, -0.15) is 0 Å². The van der Waals surface area contributed by atoms with Gasteiger partial charge in [-0.05, 0) is 42.0 Å². The molecule has 23 heavy (non-hydrogen) atoms. The van der Waals surface area contributed by atoms with Gasteiger partial charge < -0.3 is 15.7 Å². The van der Waals surface area contributed by atoms with Gasteiger partial charge in [0.1, 0.15) is 0 Å². The molecule has 3 aromatic rings. The number of benzene rings is 2. The number of aliphatic hydroxyl groups is 1. The number of halogens is 1. The lowest BCUT2D eigenvalue weighted by atomic mass is 10.1. The van der Waals surface area contributed by atoms with E-state index < -0.39 is 0 Å². The van der Waals surface area contributed by atoms with Crippen molar-refractivity contribution in [2.45, 2.75) is 6.54 Å². The number of aliphatic hydroxyl groups excluding tert-OH is 1. The first-order chi connectivity index (χ1) is 11.3. The molecule has 3 rings (SSSR count). The Morgan fingerprint density at radius 1 is 1.04 bits per heavy atom. The van der Waals surface area contributed by atoms with Crippen LogP contribution in [-0.2, 0) is 6.54 Å². The molecule has 0 spiro atoms. The number of fused-ring (bicyclic) bond motifs is 1. The molecule has 1 heterocycles. The van der Waals surface area contributed by atoms with Crippen molar-refractivity contribution in [3.8, 4) is 0 Å². The van der Waals surface area contributed by atoms with E-state index in [-0.39, 0.29) is 6.61 Å². The molecular weight excluding hydrogens is 310 g/mol. The largest absolute Gasteiger partial charge is 0.395 e. The maximum absolute atomic E-state index is 8.77. The molecule has 4 nitrogen and oxygen atoms in total. The molecule has 0 aliphatic carbocycles. The summed E-state index contributed by atoms with van der Waals surface area (Å²) in [4.78, 5) is 4.35. The van der Waals surface area contributed by atoms with E-state index in [0.29, 0.717) is 11.6 Å². The second-order valence-corrected chi connectivity index (χ2v) is 5.68. The molecule has 0 fully saturated rings. The van der Waals surface area contributed by atoms with E-state index in [1.165, 1.54) is 5.56 Å². The lowest BCUT2D eigenvalue weighted by molar-refractivity contribution is 0.292. The molecule has 1 aromatic heterocycles. The normalized spacial score (nSPS) is 10.9. The fraction of sp³-hybridized carbons (Fsp3) is 0.167. The molecule has 0 atom stereocenters. The van der Waals surface area contributed by atoms with Gasteiger partial charge in [0, 0.05) is 41.1 Å². The standard InChI is InChI=1S/C18H18ClN3O/c19-14-3-6-16-17(7-8-21-18(16)11-14)22-15-4-1-13(2-5-15)12-20-9-10-23/h1-8,11,20,23H,9-10,12H2,(H,21,22). The van der Waals surface area contributed by atoms with E-state index in [1.807, 2.05) is 36.4 Å². The molecule has 0 aliphatic rings. The first-order valence-corrected chi connectivity index (χ1v) is 7.86. The van der Waals surface area contributed by atoms with Crippen LogP contribution in [-0.4, -0.2) is 23.2 Å². The first kappa shape index (κ1) is 15.7. The Bertz CT molecular complexity index is 790. The van der Waals surface area contributed by atoms with Crippen LogP contribution in [0.5, 0.6) is 0 Å². The Hall–Kier alpha value is -2.14. The predicted octanol–water partition coefficient (Wildman–Crippen LogP) is 3.71. The minimum absolute atomic E-state index is 0.152. The summed E-state index contributed by atoms with van der Waals surface area (Å²) in [5.74, 6) is 0. The zero-order chi connectivity index (χ0) is 16.1. The number of anilines is 2. The van der Waals surface area contributed by atoms with E-state index in [9.17, 15) is 0 Å². The summed E-state index contributed by atoms with van der Waals surface area (Å²) in [6, 6.07) is 15.9. The molecule has 0 unspecified atom stereocenters. The average Bonchev–Trinajstić information content (AvgIpc) is 2.56. The predicted molar refractivity (Wildman–Crippen MR) is 95.3 cm³/mol. The van der Waals surface area contributed by atoms with Crippen LogP contribution in [0.15, 0.2) is 54.7 Å². The fourth-order valence-electron chi connectivity index (χ4n) is 2.40. The van der Waals surface area contributed by atoms with Gasteiger partial charge >= 0.3 is 0 Å². The number of rotatable bonds is 6. The minimum atomic E-state index is 0.152. The molecule has 0 radical (unpaired) electrons. The van der Waals surface area contributed by atoms with E-state index >= 15 is 0 Å². The van der Waals surface area contributed by atoms with Gasteiger partial charge in [-0.3, -0.25) is 4.98 Å². The van der Waals surface area contributed by atoms with Crippen molar-refractivity contribution in [3.05, 3.63) is 65.3 Å². The van der Waals surface area contributed by atoms with Crippen molar-refractivity contribution < 1.29 is 5.11 Å². The van der Waals surface area contributed by atoms with Gasteiger partial charge in [-0.25, -0.2) is 0 Å². The van der Waals surface area contributed by atoms with Crippen LogP contribution in [0.1, 0.15) is 5.56 Å². The van der Waals surface area contributed by atoms with Crippen LogP contribution in [0.3, 0.4) is 0 Å². The van der Waals surface area contributed by atoms with Gasteiger partial charge in [0.15, 0.2) is 0 Å². The van der Waals surface area contributed by atoms with Crippen LogP contribution >= 0.6 is 11.6 Å². The number of nitrogens with one attached hydrogen (secondary N) is 2. The summed E-state index contributed by atoms with van der Waals surface area (Å²) in [7, 11) is 0. The number of hydrogen-bond donors (Lipinski definition) is 3. The van der Waals surface area contributed by atoms with Gasteiger partial charge in [0.25, 0.3) is 0 Å². The van der Waals surface area contributed by atoms with Crippen molar-refractivity contribution in [2.24, 2.45) is 0 Å². The van der Waals surface area contributed by atoms with Crippen molar-refractivity contribution >= 4 is 33.9 Å². The maximum atomic E-state index is 8.77. The molecule has 5 heteroatoms. The van der Waals surface area contributed by atoms with E-state index in [4.69, 9.17) is 16.7 Å². The zero-order valence-electron chi connectivity index (χ0n) is 12.6. The van der Waals surface area contributed by atoms with Crippen molar-refractivity contribution in [2.75, 3.05) is 18.5 Å². The van der Waals surface area contributed by atoms with Crippen LogP contribution < -0.4 is 10.6 Å². The summed E-state index contributed by atoms with van der Waals surface area (Å²) in [5.41, 5.74) is 4.05.